The highest BCUT2D eigenvalue weighted by Gasteiger charge is 2.08. The second-order valence-electron chi connectivity index (χ2n) is 3.40. The number of hydrogen-bond donors (Lipinski definition) is 2. The number of hydrogen-bond acceptors (Lipinski definition) is 3. The van der Waals surface area contributed by atoms with Crippen molar-refractivity contribution >= 4 is 0 Å². The van der Waals surface area contributed by atoms with Crippen LogP contribution in [0.2, 0.25) is 0 Å². The van der Waals surface area contributed by atoms with Crippen LogP contribution < -0.4 is 11.2 Å². The van der Waals surface area contributed by atoms with Crippen LogP contribution in [0.5, 0.6) is 0 Å². The van der Waals surface area contributed by atoms with E-state index in [0.29, 0.717) is 17.7 Å². The van der Waals surface area contributed by atoms with E-state index in [9.17, 15) is 9.59 Å². The molecular formula is C10H16N2O3. The molecule has 0 saturated carbocycles. The SMILES string of the molecule is CCCCc1c(COC)[nH]c(=O)[nH]c1=O. The molecule has 0 saturated heterocycles. The molecule has 0 spiro atoms. The van der Waals surface area contributed by atoms with Crippen molar-refractivity contribution in [3.8, 4) is 0 Å². The van der Waals surface area contributed by atoms with Gasteiger partial charge in [-0.25, -0.2) is 4.79 Å². The number of nitrogens with one attached hydrogen (secondary N) is 2. The van der Waals surface area contributed by atoms with Crippen LogP contribution in [0.3, 0.4) is 0 Å². The van der Waals surface area contributed by atoms with E-state index in [1.54, 1.807) is 0 Å². The highest BCUT2D eigenvalue weighted by Crippen LogP contribution is 2.04. The molecule has 84 valence electrons. The molecule has 0 fully saturated rings. The second-order valence-corrected chi connectivity index (χ2v) is 3.40. The summed E-state index contributed by atoms with van der Waals surface area (Å²) in [5.74, 6) is 0. The molecule has 0 unspecified atom stereocenters. The Hall–Kier alpha value is -1.36. The first-order chi connectivity index (χ1) is 7.19. The van der Waals surface area contributed by atoms with E-state index >= 15 is 0 Å². The van der Waals surface area contributed by atoms with E-state index < -0.39 is 5.69 Å². The van der Waals surface area contributed by atoms with Crippen LogP contribution in [0, 0.1) is 0 Å². The fourth-order valence-corrected chi connectivity index (χ4v) is 1.44. The van der Waals surface area contributed by atoms with E-state index in [1.165, 1.54) is 7.11 Å². The molecule has 15 heavy (non-hydrogen) atoms. The van der Waals surface area contributed by atoms with Crippen LogP contribution >= 0.6 is 0 Å². The predicted molar refractivity (Wildman–Crippen MR) is 57.0 cm³/mol. The zero-order chi connectivity index (χ0) is 11.3. The standard InChI is InChI=1S/C10H16N2O3/c1-3-4-5-7-8(6-15-2)11-10(14)12-9(7)13/h3-6H2,1-2H3,(H2,11,12,13,14). The fourth-order valence-electron chi connectivity index (χ4n) is 1.44. The number of aromatic amines is 2. The Kier molecular flexibility index (Phi) is 4.30. The van der Waals surface area contributed by atoms with Gasteiger partial charge in [0.25, 0.3) is 5.56 Å². The van der Waals surface area contributed by atoms with Crippen LogP contribution in [-0.2, 0) is 17.8 Å². The summed E-state index contributed by atoms with van der Waals surface area (Å²) in [6.07, 6.45) is 2.60. The summed E-state index contributed by atoms with van der Waals surface area (Å²) in [5.41, 5.74) is 0.421. The van der Waals surface area contributed by atoms with Crippen molar-refractivity contribution in [2.75, 3.05) is 7.11 Å². The maximum absolute atomic E-state index is 11.5. The van der Waals surface area contributed by atoms with Crippen LogP contribution in [0.4, 0.5) is 0 Å². The van der Waals surface area contributed by atoms with Gasteiger partial charge < -0.3 is 9.72 Å². The van der Waals surface area contributed by atoms with E-state index in [2.05, 4.69) is 16.9 Å². The molecule has 0 amide bonds. The Bertz CT molecular complexity index is 419. The summed E-state index contributed by atoms with van der Waals surface area (Å²) in [6, 6.07) is 0. The molecule has 0 aliphatic carbocycles. The average Bonchev–Trinajstić information content (AvgIpc) is 2.17. The number of unbranched alkanes of at least 4 members (excludes halogenated alkanes) is 1. The highest BCUT2D eigenvalue weighted by molar-refractivity contribution is 5.15. The predicted octanol–water partition coefficient (Wildman–Crippen LogP) is 0.552. The van der Waals surface area contributed by atoms with Gasteiger partial charge in [0, 0.05) is 12.7 Å². The Morgan fingerprint density at radius 1 is 1.27 bits per heavy atom. The van der Waals surface area contributed by atoms with Crippen molar-refractivity contribution in [3.63, 3.8) is 0 Å². The molecular weight excluding hydrogens is 196 g/mol. The minimum absolute atomic E-state index is 0.262. The van der Waals surface area contributed by atoms with Crippen molar-refractivity contribution in [1.29, 1.82) is 0 Å². The topological polar surface area (TPSA) is 75.0 Å². The van der Waals surface area contributed by atoms with E-state index in [0.717, 1.165) is 12.8 Å². The summed E-state index contributed by atoms with van der Waals surface area (Å²) in [4.78, 5) is 27.4. The number of H-pyrrole nitrogens is 2. The molecule has 0 aromatic carbocycles. The Labute approximate surface area is 87.5 Å². The van der Waals surface area contributed by atoms with Gasteiger partial charge in [0.1, 0.15) is 0 Å². The number of rotatable bonds is 5. The lowest BCUT2D eigenvalue weighted by Gasteiger charge is -2.06. The molecule has 0 aliphatic rings. The lowest BCUT2D eigenvalue weighted by molar-refractivity contribution is 0.180. The largest absolute Gasteiger partial charge is 0.378 e. The van der Waals surface area contributed by atoms with Gasteiger partial charge in [0.15, 0.2) is 0 Å². The van der Waals surface area contributed by atoms with E-state index in [4.69, 9.17) is 4.74 Å². The minimum Gasteiger partial charge on any atom is -0.378 e. The molecule has 0 radical (unpaired) electrons. The smallest absolute Gasteiger partial charge is 0.325 e. The zero-order valence-electron chi connectivity index (χ0n) is 9.05. The molecule has 5 heteroatoms. The van der Waals surface area contributed by atoms with Gasteiger partial charge in [0.2, 0.25) is 0 Å². The quantitative estimate of drug-likeness (QED) is 0.748. The third-order valence-electron chi connectivity index (χ3n) is 2.20. The highest BCUT2D eigenvalue weighted by atomic mass is 16.5. The molecule has 1 aromatic heterocycles. The van der Waals surface area contributed by atoms with Crippen LogP contribution in [0.1, 0.15) is 31.0 Å². The Balaban J connectivity index is 3.09. The van der Waals surface area contributed by atoms with E-state index in [-0.39, 0.29) is 12.2 Å². The molecule has 2 N–H and O–H groups in total. The van der Waals surface area contributed by atoms with Gasteiger partial charge in [-0.1, -0.05) is 13.3 Å². The van der Waals surface area contributed by atoms with Gasteiger partial charge in [0.05, 0.1) is 12.3 Å². The lowest BCUT2D eigenvalue weighted by Crippen LogP contribution is -2.28. The Morgan fingerprint density at radius 2 is 2.00 bits per heavy atom. The summed E-state index contributed by atoms with van der Waals surface area (Å²) in [6.45, 7) is 2.31. The third kappa shape index (κ3) is 3.06. The Morgan fingerprint density at radius 3 is 2.60 bits per heavy atom. The molecule has 1 aromatic rings. The lowest BCUT2D eigenvalue weighted by atomic mass is 10.1. The first-order valence-corrected chi connectivity index (χ1v) is 5.02. The third-order valence-corrected chi connectivity index (χ3v) is 2.20. The number of ether oxygens (including phenoxy) is 1. The molecule has 1 rings (SSSR count). The number of methoxy groups -OCH3 is 1. The molecule has 5 nitrogen and oxygen atoms in total. The average molecular weight is 212 g/mol. The summed E-state index contributed by atoms with van der Waals surface area (Å²) in [5, 5.41) is 0. The van der Waals surface area contributed by atoms with Crippen LogP contribution in [0.15, 0.2) is 9.59 Å². The van der Waals surface area contributed by atoms with Crippen molar-refractivity contribution in [3.05, 3.63) is 32.1 Å². The fraction of sp³-hybridized carbons (Fsp3) is 0.600. The minimum atomic E-state index is -0.479. The molecule has 0 atom stereocenters. The van der Waals surface area contributed by atoms with Crippen molar-refractivity contribution in [2.45, 2.75) is 32.8 Å². The summed E-state index contributed by atoms with van der Waals surface area (Å²) in [7, 11) is 1.53. The van der Waals surface area contributed by atoms with Gasteiger partial charge >= 0.3 is 5.69 Å². The van der Waals surface area contributed by atoms with Crippen molar-refractivity contribution in [2.24, 2.45) is 0 Å². The monoisotopic (exact) mass is 212 g/mol. The molecule has 1 heterocycles. The zero-order valence-corrected chi connectivity index (χ0v) is 9.05. The van der Waals surface area contributed by atoms with Gasteiger partial charge in [-0.15, -0.1) is 0 Å². The first-order valence-electron chi connectivity index (χ1n) is 5.02. The maximum Gasteiger partial charge on any atom is 0.325 e. The second kappa shape index (κ2) is 5.50. The summed E-state index contributed by atoms with van der Waals surface area (Å²) >= 11 is 0. The normalized spacial score (nSPS) is 10.5. The van der Waals surface area contributed by atoms with Gasteiger partial charge in [-0.3, -0.25) is 9.78 Å². The summed E-state index contributed by atoms with van der Waals surface area (Å²) < 4.78 is 4.94. The maximum atomic E-state index is 11.5. The van der Waals surface area contributed by atoms with Gasteiger partial charge in [-0.2, -0.15) is 0 Å². The van der Waals surface area contributed by atoms with Crippen molar-refractivity contribution < 1.29 is 4.74 Å². The van der Waals surface area contributed by atoms with E-state index in [1.807, 2.05) is 0 Å². The van der Waals surface area contributed by atoms with Crippen molar-refractivity contribution in [1.82, 2.24) is 9.97 Å². The van der Waals surface area contributed by atoms with Crippen LogP contribution in [-0.4, -0.2) is 17.1 Å². The first kappa shape index (κ1) is 11.7. The number of aromatic nitrogens is 2. The van der Waals surface area contributed by atoms with Gasteiger partial charge in [-0.05, 0) is 12.8 Å². The van der Waals surface area contributed by atoms with Crippen LogP contribution in [0.25, 0.3) is 0 Å². The molecule has 0 aliphatic heterocycles. The molecule has 0 bridgehead atoms.